The van der Waals surface area contributed by atoms with Crippen LogP contribution in [0.25, 0.3) is 10.9 Å². The van der Waals surface area contributed by atoms with Crippen LogP contribution in [0.2, 0.25) is 0 Å². The van der Waals surface area contributed by atoms with Crippen LogP contribution in [0.3, 0.4) is 0 Å². The standard InChI is InChI=1S/C14H12BrN3/c15-12-5-10(7-17-8-12)9-18-4-3-11-6-13(16)1-2-14(11)18/h1-8H,9,16H2. The lowest BCUT2D eigenvalue weighted by Crippen LogP contribution is -1.98. The topological polar surface area (TPSA) is 43.8 Å². The average Bonchev–Trinajstić information content (AvgIpc) is 2.72. The van der Waals surface area contributed by atoms with Crippen LogP contribution in [-0.4, -0.2) is 9.55 Å². The zero-order valence-corrected chi connectivity index (χ0v) is 11.3. The van der Waals surface area contributed by atoms with Crippen molar-refractivity contribution in [1.29, 1.82) is 0 Å². The Kier molecular flexibility index (Phi) is 2.80. The molecule has 3 aromatic rings. The van der Waals surface area contributed by atoms with E-state index < -0.39 is 0 Å². The second kappa shape index (κ2) is 4.46. The van der Waals surface area contributed by atoms with Gasteiger partial charge in [-0.15, -0.1) is 0 Å². The lowest BCUT2D eigenvalue weighted by atomic mass is 10.2. The molecule has 4 heteroatoms. The Balaban J connectivity index is 2.00. The minimum absolute atomic E-state index is 0.796. The van der Waals surface area contributed by atoms with E-state index in [4.69, 9.17) is 5.73 Å². The van der Waals surface area contributed by atoms with Gasteiger partial charge in [-0.05, 0) is 51.8 Å². The maximum Gasteiger partial charge on any atom is 0.0491 e. The SMILES string of the molecule is Nc1ccc2c(ccn2Cc2cncc(Br)c2)c1. The number of aromatic nitrogens is 2. The van der Waals surface area contributed by atoms with Crippen molar-refractivity contribution in [2.75, 3.05) is 5.73 Å². The van der Waals surface area contributed by atoms with Crippen molar-refractivity contribution in [3.05, 3.63) is 59.0 Å². The largest absolute Gasteiger partial charge is 0.399 e. The summed E-state index contributed by atoms with van der Waals surface area (Å²) in [4.78, 5) is 4.18. The van der Waals surface area contributed by atoms with E-state index in [-0.39, 0.29) is 0 Å². The summed E-state index contributed by atoms with van der Waals surface area (Å²) in [7, 11) is 0. The Hall–Kier alpha value is -1.81. The Morgan fingerprint density at radius 1 is 1.17 bits per heavy atom. The maximum absolute atomic E-state index is 5.78. The van der Waals surface area contributed by atoms with Gasteiger partial charge in [0.2, 0.25) is 0 Å². The molecule has 18 heavy (non-hydrogen) atoms. The van der Waals surface area contributed by atoms with Crippen molar-refractivity contribution < 1.29 is 0 Å². The Morgan fingerprint density at radius 3 is 2.89 bits per heavy atom. The van der Waals surface area contributed by atoms with Gasteiger partial charge < -0.3 is 10.3 Å². The zero-order valence-electron chi connectivity index (χ0n) is 9.68. The molecule has 0 radical (unpaired) electrons. The fraction of sp³-hybridized carbons (Fsp3) is 0.0714. The van der Waals surface area contributed by atoms with E-state index in [0.29, 0.717) is 0 Å². The van der Waals surface area contributed by atoms with Crippen LogP contribution in [0, 0.1) is 0 Å². The number of nitrogens with two attached hydrogens (primary N) is 1. The summed E-state index contributed by atoms with van der Waals surface area (Å²) in [6.07, 6.45) is 5.75. The Labute approximate surface area is 113 Å². The second-order valence-electron chi connectivity index (χ2n) is 4.27. The van der Waals surface area contributed by atoms with E-state index in [1.54, 1.807) is 6.20 Å². The average molecular weight is 302 g/mol. The number of pyridine rings is 1. The van der Waals surface area contributed by atoms with Gasteiger partial charge in [-0.2, -0.15) is 0 Å². The smallest absolute Gasteiger partial charge is 0.0491 e. The minimum atomic E-state index is 0.796. The third-order valence-electron chi connectivity index (χ3n) is 2.91. The van der Waals surface area contributed by atoms with Crippen molar-refractivity contribution in [2.45, 2.75) is 6.54 Å². The van der Waals surface area contributed by atoms with Crippen LogP contribution in [-0.2, 0) is 6.54 Å². The van der Waals surface area contributed by atoms with Gasteiger partial charge in [-0.25, -0.2) is 0 Å². The molecule has 2 aromatic heterocycles. The fourth-order valence-electron chi connectivity index (χ4n) is 2.10. The predicted molar refractivity (Wildman–Crippen MR) is 77.4 cm³/mol. The molecule has 1 aromatic carbocycles. The molecule has 0 bridgehead atoms. The van der Waals surface area contributed by atoms with Crippen LogP contribution >= 0.6 is 15.9 Å². The van der Waals surface area contributed by atoms with E-state index >= 15 is 0 Å². The summed E-state index contributed by atoms with van der Waals surface area (Å²) in [5, 5.41) is 1.16. The highest BCUT2D eigenvalue weighted by Gasteiger charge is 2.02. The number of rotatable bonds is 2. The summed E-state index contributed by atoms with van der Waals surface area (Å²) >= 11 is 3.44. The molecule has 0 saturated heterocycles. The number of benzene rings is 1. The summed E-state index contributed by atoms with van der Waals surface area (Å²) in [5.41, 5.74) is 8.93. The molecule has 0 amide bonds. The summed E-state index contributed by atoms with van der Waals surface area (Å²) in [5.74, 6) is 0. The van der Waals surface area contributed by atoms with E-state index in [1.807, 2.05) is 18.3 Å². The van der Waals surface area contributed by atoms with Gasteiger partial charge in [-0.1, -0.05) is 0 Å². The monoisotopic (exact) mass is 301 g/mol. The zero-order chi connectivity index (χ0) is 12.5. The number of halogens is 1. The molecule has 0 unspecified atom stereocenters. The van der Waals surface area contributed by atoms with Gasteiger partial charge in [0.15, 0.2) is 0 Å². The number of nitrogen functional groups attached to an aromatic ring is 1. The van der Waals surface area contributed by atoms with Crippen LogP contribution < -0.4 is 5.73 Å². The lowest BCUT2D eigenvalue weighted by molar-refractivity contribution is 0.831. The number of fused-ring (bicyclic) bond motifs is 1. The van der Waals surface area contributed by atoms with Crippen LogP contribution in [0.5, 0.6) is 0 Å². The molecule has 0 aliphatic heterocycles. The van der Waals surface area contributed by atoms with Crippen molar-refractivity contribution in [3.8, 4) is 0 Å². The lowest BCUT2D eigenvalue weighted by Gasteiger charge is -2.06. The minimum Gasteiger partial charge on any atom is -0.399 e. The van der Waals surface area contributed by atoms with Crippen LogP contribution in [0.1, 0.15) is 5.56 Å². The summed E-state index contributed by atoms with van der Waals surface area (Å²) in [6, 6.07) is 10.1. The van der Waals surface area contributed by atoms with Crippen molar-refractivity contribution in [2.24, 2.45) is 0 Å². The molecule has 90 valence electrons. The second-order valence-corrected chi connectivity index (χ2v) is 5.19. The normalized spacial score (nSPS) is 10.9. The molecule has 2 N–H and O–H groups in total. The Morgan fingerprint density at radius 2 is 2.06 bits per heavy atom. The van der Waals surface area contributed by atoms with Crippen molar-refractivity contribution >= 4 is 32.5 Å². The molecule has 0 spiro atoms. The molecular weight excluding hydrogens is 290 g/mol. The first-order chi connectivity index (χ1) is 8.72. The first kappa shape index (κ1) is 11.3. The maximum atomic E-state index is 5.78. The van der Waals surface area contributed by atoms with E-state index in [0.717, 1.165) is 22.1 Å². The molecule has 0 aliphatic rings. The molecule has 0 saturated carbocycles. The molecule has 3 nitrogen and oxygen atoms in total. The van der Waals surface area contributed by atoms with E-state index in [2.05, 4.69) is 49.9 Å². The first-order valence-corrected chi connectivity index (χ1v) is 6.45. The third kappa shape index (κ3) is 2.11. The van der Waals surface area contributed by atoms with Gasteiger partial charge in [-0.3, -0.25) is 4.98 Å². The highest BCUT2D eigenvalue weighted by molar-refractivity contribution is 9.10. The predicted octanol–water partition coefficient (Wildman–Crippen LogP) is 3.43. The molecule has 0 atom stereocenters. The Bertz CT molecular complexity index is 703. The molecular formula is C14H12BrN3. The van der Waals surface area contributed by atoms with Gasteiger partial charge in [0.1, 0.15) is 0 Å². The number of hydrogen-bond acceptors (Lipinski definition) is 2. The number of hydrogen-bond donors (Lipinski definition) is 1. The first-order valence-electron chi connectivity index (χ1n) is 5.66. The van der Waals surface area contributed by atoms with E-state index in [9.17, 15) is 0 Å². The summed E-state index contributed by atoms with van der Waals surface area (Å²) in [6.45, 7) is 0.805. The van der Waals surface area contributed by atoms with Crippen LogP contribution in [0.15, 0.2) is 53.4 Å². The third-order valence-corrected chi connectivity index (χ3v) is 3.34. The van der Waals surface area contributed by atoms with Gasteiger partial charge in [0.25, 0.3) is 0 Å². The molecule has 0 aliphatic carbocycles. The quantitative estimate of drug-likeness (QED) is 0.737. The molecule has 2 heterocycles. The highest BCUT2D eigenvalue weighted by atomic mass is 79.9. The molecule has 3 rings (SSSR count). The van der Waals surface area contributed by atoms with Gasteiger partial charge >= 0.3 is 0 Å². The van der Waals surface area contributed by atoms with Gasteiger partial charge in [0, 0.05) is 46.2 Å². The van der Waals surface area contributed by atoms with E-state index in [1.165, 1.54) is 11.1 Å². The molecule has 0 fully saturated rings. The van der Waals surface area contributed by atoms with Crippen LogP contribution in [0.4, 0.5) is 5.69 Å². The van der Waals surface area contributed by atoms with Gasteiger partial charge in [0.05, 0.1) is 0 Å². The van der Waals surface area contributed by atoms with Crippen molar-refractivity contribution in [1.82, 2.24) is 9.55 Å². The van der Waals surface area contributed by atoms with Crippen molar-refractivity contribution in [3.63, 3.8) is 0 Å². The summed E-state index contributed by atoms with van der Waals surface area (Å²) < 4.78 is 3.19. The number of nitrogens with zero attached hydrogens (tertiary/aromatic N) is 2. The number of anilines is 1. The fourth-order valence-corrected chi connectivity index (χ4v) is 2.51. The highest BCUT2D eigenvalue weighted by Crippen LogP contribution is 2.20.